The van der Waals surface area contributed by atoms with Gasteiger partial charge in [-0.3, -0.25) is 0 Å². The van der Waals surface area contributed by atoms with Crippen LogP contribution in [-0.4, -0.2) is 18.3 Å². The quantitative estimate of drug-likeness (QED) is 0.165. The number of benzene rings is 11. The summed E-state index contributed by atoms with van der Waals surface area (Å²) in [6.07, 6.45) is 0. The van der Waals surface area contributed by atoms with E-state index in [1.807, 2.05) is 0 Å². The predicted molar refractivity (Wildman–Crippen MR) is 324 cm³/mol. The fourth-order valence-electron chi connectivity index (χ4n) is 11.8. The van der Waals surface area contributed by atoms with Crippen LogP contribution in [0, 0.1) is 31.6 Å². The Morgan fingerprint density at radius 1 is 0.474 bits per heavy atom. The third-order valence-electron chi connectivity index (χ3n) is 14.8. The summed E-state index contributed by atoms with van der Waals surface area (Å²) in [6, 6.07) is 15.8. The van der Waals surface area contributed by atoms with E-state index in [0.29, 0.717) is 43.6 Å². The molecule has 362 valence electrons. The molecule has 0 amide bonds. The Morgan fingerprint density at radius 3 is 1.58 bits per heavy atom. The molecule has 6 aromatic heterocycles. The van der Waals surface area contributed by atoms with E-state index in [1.165, 1.54) is 4.57 Å². The highest BCUT2D eigenvalue weighted by Crippen LogP contribution is 2.54. The van der Waals surface area contributed by atoms with E-state index in [4.69, 9.17) is 18.1 Å². The van der Waals surface area contributed by atoms with Crippen LogP contribution in [0.2, 0.25) is 0 Å². The molecule has 7 nitrogen and oxygen atoms in total. The molecule has 0 spiro atoms. The molecule has 17 rings (SSSR count). The van der Waals surface area contributed by atoms with Crippen LogP contribution in [0.1, 0.15) is 49.6 Å². The van der Waals surface area contributed by atoms with E-state index in [0.717, 1.165) is 15.9 Å². The third-order valence-corrected chi connectivity index (χ3v) is 15.9. The zero-order valence-electron chi connectivity index (χ0n) is 63.7. The lowest BCUT2D eigenvalue weighted by atomic mass is 10.0. The fraction of sp³-hybridized carbons (Fsp3) is 0.0286. The van der Waals surface area contributed by atoms with Crippen LogP contribution in [0.4, 0.5) is 5.69 Å². The highest BCUT2D eigenvalue weighted by molar-refractivity contribution is 7.26. The summed E-state index contributed by atoms with van der Waals surface area (Å²) in [5.41, 5.74) is -6.47. The average Bonchev–Trinajstić information content (AvgIpc) is 1.50. The van der Waals surface area contributed by atoms with Crippen molar-refractivity contribution in [1.29, 1.82) is 5.26 Å². The number of furan rings is 1. The Morgan fingerprint density at radius 2 is 0.987 bits per heavy atom. The second-order valence-corrected chi connectivity index (χ2v) is 19.7. The van der Waals surface area contributed by atoms with Crippen LogP contribution in [0.15, 0.2) is 210 Å². The van der Waals surface area contributed by atoms with Crippen molar-refractivity contribution < 1.29 is 37.3 Å². The molecule has 0 unspecified atom stereocenters. The Kier molecular flexibility index (Phi) is 5.18. The first-order valence-electron chi connectivity index (χ1n) is 36.2. The van der Waals surface area contributed by atoms with Gasteiger partial charge in [-0.05, 0) is 80.3 Å². The van der Waals surface area contributed by atoms with E-state index >= 15 is 0 Å². The van der Waals surface area contributed by atoms with Gasteiger partial charge in [-0.25, -0.2) is 4.85 Å². The van der Waals surface area contributed by atoms with Crippen molar-refractivity contribution in [2.45, 2.75) is 13.7 Å². The number of aromatic nitrogens is 4. The molecule has 0 bridgehead atoms. The lowest BCUT2D eigenvalue weighted by Gasteiger charge is -2.27. The van der Waals surface area contributed by atoms with Crippen LogP contribution in [0.5, 0.6) is 0 Å². The molecule has 6 heterocycles. The van der Waals surface area contributed by atoms with Gasteiger partial charge in [-0.15, -0.1) is 11.3 Å². The smallest absolute Gasteiger partial charge is 0.237 e. The molecular weight excluding hydrogens is 973 g/mol. The SMILES string of the molecule is [2H]c1c([2H])c([2H])c2c(oc3c2c([2H])c([2H])c2c4c([2H])c(C([2H])([2H])[2H])c([2H])c([2H])c4n(-c4c(C#N)c(-n5c6ccccc6c6ccccc65)c(-n5c6c([2H])c([2H])c(C([2H])([2H])[2H])c([2H])c6c6c([2H])c([2H])c7c(sc8c([2H])c([2H])c([2H])c([2H])c87)c65)c(-n5c6ccccc6c6ccccc65)c4[N+]#[C-])c32)c1[2H]. The Balaban J connectivity index is 1.28. The number of thiophene rings is 1. The highest BCUT2D eigenvalue weighted by Gasteiger charge is 2.36. The molecule has 78 heavy (non-hydrogen) atoms. The van der Waals surface area contributed by atoms with Gasteiger partial charge < -0.3 is 22.7 Å². The topological polar surface area (TPSA) is 61.0 Å². The zero-order valence-corrected chi connectivity index (χ0v) is 40.6. The minimum absolute atomic E-state index is 0.105. The standard InChI is InChI=1S/C70H40N6OS/c1-39-28-34-58-51(36-39)47-30-32-49-45-20-8-14-26-60(45)77-69(49)65(47)75(58)63-53(38-71)64(73-54-22-10-4-16-41(54)42-17-5-11-23-55(42)73)68(67(62(63)72-3)74-56-24-12-6-18-43(56)44-19-7-13-25-57(44)74)76-59-35-29-40(2)37-52(59)48-31-33-50-46-21-9-15-27-61(46)78-70(50)66(48)76/h4-37H,1-2H3/i1D3,2D3,8D,9D,14D,15D,20D,21D,26D,27D,28D,29D,30D,31D,32D,33D,34D,35D,36D,37D. The van der Waals surface area contributed by atoms with Crippen molar-refractivity contribution >= 4 is 146 Å². The maximum absolute atomic E-state index is 13.1. The second-order valence-electron chi connectivity index (χ2n) is 18.7. The lowest BCUT2D eigenvalue weighted by molar-refractivity contribution is 0.671. The lowest BCUT2D eigenvalue weighted by Crippen LogP contribution is -2.14. The normalized spacial score (nSPS) is 16.9. The van der Waals surface area contributed by atoms with Crippen LogP contribution in [-0.2, 0) is 0 Å². The van der Waals surface area contributed by atoms with Gasteiger partial charge in [-0.1, -0.05) is 150 Å². The van der Waals surface area contributed by atoms with Gasteiger partial charge in [0, 0.05) is 77.6 Å². The third kappa shape index (κ3) is 5.48. The van der Waals surface area contributed by atoms with Crippen molar-refractivity contribution in [2.75, 3.05) is 0 Å². The number of rotatable bonds is 4. The van der Waals surface area contributed by atoms with Crippen molar-refractivity contribution in [3.05, 3.63) is 234 Å². The van der Waals surface area contributed by atoms with Gasteiger partial charge in [0.05, 0.1) is 108 Å². The van der Waals surface area contributed by atoms with Gasteiger partial charge in [0.15, 0.2) is 5.58 Å². The number of para-hydroxylation sites is 5. The number of fused-ring (bicyclic) bond motifs is 20. The zero-order chi connectivity index (χ0) is 72.3. The van der Waals surface area contributed by atoms with E-state index < -0.39 is 211 Å². The average molecular weight is 1040 g/mol. The van der Waals surface area contributed by atoms with Gasteiger partial charge in [0.25, 0.3) is 0 Å². The van der Waals surface area contributed by atoms with Crippen LogP contribution in [0.25, 0.3) is 157 Å². The van der Waals surface area contributed by atoms with Crippen molar-refractivity contribution in [3.63, 3.8) is 0 Å². The van der Waals surface area contributed by atoms with Crippen LogP contribution < -0.4 is 0 Å². The molecule has 0 atom stereocenters. The van der Waals surface area contributed by atoms with Gasteiger partial charge in [0.1, 0.15) is 11.7 Å². The molecule has 11 aromatic carbocycles. The summed E-state index contributed by atoms with van der Waals surface area (Å²) in [5, 5.41) is 11.9. The molecule has 0 aliphatic rings. The van der Waals surface area contributed by atoms with Gasteiger partial charge >= 0.3 is 0 Å². The van der Waals surface area contributed by atoms with Gasteiger partial charge in [0.2, 0.25) is 5.69 Å². The second kappa shape index (κ2) is 15.6. The summed E-state index contributed by atoms with van der Waals surface area (Å²) in [7, 11) is 0. The maximum atomic E-state index is 13.1. The predicted octanol–water partition coefficient (Wildman–Crippen LogP) is 19.4. The van der Waals surface area contributed by atoms with Crippen LogP contribution in [0.3, 0.4) is 0 Å². The molecule has 0 saturated carbocycles. The van der Waals surface area contributed by atoms with Gasteiger partial charge in [-0.2, -0.15) is 5.26 Å². The summed E-state index contributed by atoms with van der Waals surface area (Å²) in [6.45, 7) is 3.40. The molecular formula is C70H40N6OS. The Labute approximate surface area is 482 Å². The Hall–Kier alpha value is -10.4. The first-order valence-corrected chi connectivity index (χ1v) is 25.0. The minimum atomic E-state index is -3.33. The fourth-order valence-corrected chi connectivity index (χ4v) is 13.0. The van der Waals surface area contributed by atoms with E-state index in [9.17, 15) is 31.0 Å². The van der Waals surface area contributed by atoms with Crippen molar-refractivity contribution in [2.24, 2.45) is 0 Å². The molecule has 0 fully saturated rings. The molecule has 0 radical (unpaired) electrons. The Bertz CT molecular complexity index is 6730. The molecule has 0 aliphatic carbocycles. The van der Waals surface area contributed by atoms with Crippen molar-refractivity contribution in [1.82, 2.24) is 18.3 Å². The molecule has 17 aromatic rings. The number of hydrogen-bond donors (Lipinski definition) is 0. The van der Waals surface area contributed by atoms with Crippen LogP contribution >= 0.6 is 11.3 Å². The maximum Gasteiger partial charge on any atom is 0.237 e. The molecule has 8 heteroatoms. The minimum Gasteiger partial charge on any atom is -0.454 e. The first kappa shape index (κ1) is 25.9. The van der Waals surface area contributed by atoms with Crippen molar-refractivity contribution in [3.8, 4) is 28.8 Å². The molecule has 0 N–H and O–H groups in total. The van der Waals surface area contributed by atoms with E-state index in [-0.39, 0.29) is 42.8 Å². The monoisotopic (exact) mass is 1040 g/mol. The number of hydrogen-bond acceptors (Lipinski definition) is 3. The number of nitriles is 1. The van der Waals surface area contributed by atoms with E-state index in [1.54, 1.807) is 106 Å². The van der Waals surface area contributed by atoms with E-state index in [2.05, 4.69) is 10.9 Å². The summed E-state index contributed by atoms with van der Waals surface area (Å²) in [5.74, 6) is 0. The largest absolute Gasteiger partial charge is 0.454 e. The molecule has 0 saturated heterocycles. The molecule has 0 aliphatic heterocycles. The number of nitrogens with zero attached hydrogens (tertiary/aromatic N) is 6. The highest BCUT2D eigenvalue weighted by atomic mass is 32.1. The summed E-state index contributed by atoms with van der Waals surface area (Å²) < 4.78 is 238. The summed E-state index contributed by atoms with van der Waals surface area (Å²) in [4.78, 5) is 4.43. The first-order chi connectivity index (χ1) is 48.4. The summed E-state index contributed by atoms with van der Waals surface area (Å²) >= 11 is 0.735.